The summed E-state index contributed by atoms with van der Waals surface area (Å²) in [7, 11) is 0. The Balaban J connectivity index is 2.22. The molecule has 19 heavy (non-hydrogen) atoms. The van der Waals surface area contributed by atoms with Gasteiger partial charge in [0, 0.05) is 6.42 Å². The van der Waals surface area contributed by atoms with Crippen LogP contribution in [0.15, 0.2) is 18.2 Å². The van der Waals surface area contributed by atoms with Crippen LogP contribution in [0.4, 0.5) is 0 Å². The molecule has 1 aliphatic heterocycles. The smallest absolute Gasteiger partial charge is 0.218 e. The predicted molar refractivity (Wildman–Crippen MR) is 73.4 cm³/mol. The van der Waals surface area contributed by atoms with E-state index in [1.165, 1.54) is 0 Å². The fourth-order valence-electron chi connectivity index (χ4n) is 2.46. The normalized spacial score (nSPS) is 15.3. The first kappa shape index (κ1) is 13.7. The number of fused-ring (bicyclic) bond motifs is 1. The van der Waals surface area contributed by atoms with E-state index in [1.54, 1.807) is 0 Å². The molecular weight excluding hydrogens is 242 g/mol. The first-order valence-corrected chi connectivity index (χ1v) is 6.74. The lowest BCUT2D eigenvalue weighted by Gasteiger charge is -2.22. The van der Waals surface area contributed by atoms with Crippen LogP contribution in [0.25, 0.3) is 0 Å². The molecule has 1 atom stereocenters. The maximum Gasteiger partial charge on any atom is 0.218 e. The molecule has 0 aromatic heterocycles. The van der Waals surface area contributed by atoms with Crippen molar-refractivity contribution in [3.8, 4) is 11.5 Å². The third kappa shape index (κ3) is 3.63. The average Bonchev–Trinajstić information content (AvgIpc) is 2.36. The van der Waals surface area contributed by atoms with Crippen LogP contribution < -0.4 is 15.2 Å². The molecule has 1 aromatic rings. The average molecular weight is 263 g/mol. The Bertz CT molecular complexity index is 457. The number of ether oxygens (including phenoxy) is 2. The van der Waals surface area contributed by atoms with Gasteiger partial charge in [-0.3, -0.25) is 4.79 Å². The number of rotatable bonds is 5. The molecule has 1 amide bonds. The Morgan fingerprint density at radius 2 is 1.95 bits per heavy atom. The molecule has 0 radical (unpaired) electrons. The molecule has 0 spiro atoms. The monoisotopic (exact) mass is 263 g/mol. The van der Waals surface area contributed by atoms with Gasteiger partial charge in [-0.05, 0) is 36.0 Å². The minimum Gasteiger partial charge on any atom is -0.486 e. The van der Waals surface area contributed by atoms with Crippen molar-refractivity contribution < 1.29 is 14.3 Å². The Kier molecular flexibility index (Phi) is 4.30. The fourth-order valence-corrected chi connectivity index (χ4v) is 2.46. The number of carbonyl (C=O) groups is 1. The zero-order valence-electron chi connectivity index (χ0n) is 11.5. The summed E-state index contributed by atoms with van der Waals surface area (Å²) in [5, 5.41) is 0. The minimum absolute atomic E-state index is 0.147. The van der Waals surface area contributed by atoms with Crippen LogP contribution >= 0.6 is 0 Å². The molecule has 4 nitrogen and oxygen atoms in total. The second kappa shape index (κ2) is 5.95. The van der Waals surface area contributed by atoms with Crippen molar-refractivity contribution in [2.45, 2.75) is 32.6 Å². The van der Waals surface area contributed by atoms with E-state index < -0.39 is 0 Å². The lowest BCUT2D eigenvalue weighted by atomic mass is 9.87. The van der Waals surface area contributed by atoms with Gasteiger partial charge in [0.2, 0.25) is 5.91 Å². The highest BCUT2D eigenvalue weighted by Gasteiger charge is 2.19. The number of amides is 1. The van der Waals surface area contributed by atoms with E-state index in [-0.39, 0.29) is 11.8 Å². The summed E-state index contributed by atoms with van der Waals surface area (Å²) >= 11 is 0. The van der Waals surface area contributed by atoms with E-state index >= 15 is 0 Å². The summed E-state index contributed by atoms with van der Waals surface area (Å²) < 4.78 is 11.1. The molecule has 1 aromatic carbocycles. The second-order valence-corrected chi connectivity index (χ2v) is 5.40. The fraction of sp³-hybridized carbons (Fsp3) is 0.533. The third-order valence-electron chi connectivity index (χ3n) is 3.24. The topological polar surface area (TPSA) is 61.6 Å². The van der Waals surface area contributed by atoms with Crippen molar-refractivity contribution in [2.24, 2.45) is 11.7 Å². The molecule has 2 rings (SSSR count). The summed E-state index contributed by atoms with van der Waals surface area (Å²) in [5.41, 5.74) is 6.44. The number of hydrogen-bond donors (Lipinski definition) is 1. The lowest BCUT2D eigenvalue weighted by molar-refractivity contribution is -0.118. The van der Waals surface area contributed by atoms with Crippen molar-refractivity contribution in [3.05, 3.63) is 23.8 Å². The highest BCUT2D eigenvalue weighted by molar-refractivity contribution is 5.74. The van der Waals surface area contributed by atoms with E-state index in [9.17, 15) is 4.79 Å². The van der Waals surface area contributed by atoms with Gasteiger partial charge in [0.25, 0.3) is 0 Å². The largest absolute Gasteiger partial charge is 0.486 e. The van der Waals surface area contributed by atoms with Crippen LogP contribution in [0.5, 0.6) is 11.5 Å². The summed E-state index contributed by atoms with van der Waals surface area (Å²) in [4.78, 5) is 11.2. The molecule has 0 aliphatic carbocycles. The molecule has 1 unspecified atom stereocenters. The lowest BCUT2D eigenvalue weighted by Crippen LogP contribution is -2.18. The first-order valence-electron chi connectivity index (χ1n) is 6.74. The van der Waals surface area contributed by atoms with Gasteiger partial charge in [-0.25, -0.2) is 0 Å². The summed E-state index contributed by atoms with van der Waals surface area (Å²) in [6.07, 6.45) is 1.31. The second-order valence-electron chi connectivity index (χ2n) is 5.40. The summed E-state index contributed by atoms with van der Waals surface area (Å²) in [6, 6.07) is 5.89. The number of hydrogen-bond acceptors (Lipinski definition) is 3. The van der Waals surface area contributed by atoms with Crippen LogP contribution in [0.3, 0.4) is 0 Å². The van der Waals surface area contributed by atoms with Crippen LogP contribution in [0.2, 0.25) is 0 Å². The highest BCUT2D eigenvalue weighted by Crippen LogP contribution is 2.35. The van der Waals surface area contributed by atoms with Crippen LogP contribution in [-0.2, 0) is 4.79 Å². The van der Waals surface area contributed by atoms with Crippen LogP contribution in [-0.4, -0.2) is 19.1 Å². The number of nitrogens with two attached hydrogens (primary N) is 1. The molecule has 1 heterocycles. The molecule has 0 bridgehead atoms. The maximum atomic E-state index is 11.2. The van der Waals surface area contributed by atoms with Crippen molar-refractivity contribution in [1.29, 1.82) is 0 Å². The van der Waals surface area contributed by atoms with Crippen LogP contribution in [0.1, 0.15) is 38.2 Å². The zero-order valence-corrected chi connectivity index (χ0v) is 11.5. The van der Waals surface area contributed by atoms with Crippen molar-refractivity contribution in [1.82, 2.24) is 0 Å². The highest BCUT2D eigenvalue weighted by atomic mass is 16.6. The Morgan fingerprint density at radius 3 is 2.58 bits per heavy atom. The van der Waals surface area contributed by atoms with Crippen LogP contribution in [0, 0.1) is 5.92 Å². The Hall–Kier alpha value is -1.71. The van der Waals surface area contributed by atoms with Crippen molar-refractivity contribution in [3.63, 3.8) is 0 Å². The standard InChI is InChI=1S/C15H21NO3/c1-10(2)7-12(9-15(16)17)11-3-4-13-14(8-11)19-6-5-18-13/h3-4,8,10,12H,5-7,9H2,1-2H3,(H2,16,17). The first-order chi connectivity index (χ1) is 9.06. The van der Waals surface area contributed by atoms with Crippen molar-refractivity contribution in [2.75, 3.05) is 13.2 Å². The number of carbonyl (C=O) groups excluding carboxylic acids is 1. The van der Waals surface area contributed by atoms with Gasteiger partial charge in [0.1, 0.15) is 13.2 Å². The van der Waals surface area contributed by atoms with Gasteiger partial charge < -0.3 is 15.2 Å². The van der Waals surface area contributed by atoms with Gasteiger partial charge in [0.15, 0.2) is 11.5 Å². The van der Waals surface area contributed by atoms with E-state index in [0.717, 1.165) is 23.5 Å². The van der Waals surface area contributed by atoms with Crippen molar-refractivity contribution >= 4 is 5.91 Å². The number of benzene rings is 1. The maximum absolute atomic E-state index is 11.2. The third-order valence-corrected chi connectivity index (χ3v) is 3.24. The molecule has 104 valence electrons. The van der Waals surface area contributed by atoms with E-state index in [0.29, 0.717) is 25.6 Å². The van der Waals surface area contributed by atoms with E-state index in [2.05, 4.69) is 13.8 Å². The SMILES string of the molecule is CC(C)CC(CC(N)=O)c1ccc2c(c1)OCCO2. The molecule has 1 aliphatic rings. The Labute approximate surface area is 113 Å². The number of primary amides is 1. The van der Waals surface area contributed by atoms with E-state index in [1.807, 2.05) is 18.2 Å². The molecule has 0 fully saturated rings. The summed E-state index contributed by atoms with van der Waals surface area (Å²) in [6.45, 7) is 5.45. The summed E-state index contributed by atoms with van der Waals surface area (Å²) in [5.74, 6) is 1.94. The molecule has 2 N–H and O–H groups in total. The molecule has 0 saturated heterocycles. The Morgan fingerprint density at radius 1 is 1.26 bits per heavy atom. The minimum atomic E-state index is -0.263. The van der Waals surface area contributed by atoms with Gasteiger partial charge in [-0.1, -0.05) is 19.9 Å². The molecule has 0 saturated carbocycles. The molecular formula is C15H21NO3. The van der Waals surface area contributed by atoms with Gasteiger partial charge in [0.05, 0.1) is 0 Å². The van der Waals surface area contributed by atoms with Gasteiger partial charge >= 0.3 is 0 Å². The van der Waals surface area contributed by atoms with Gasteiger partial charge in [-0.2, -0.15) is 0 Å². The van der Waals surface area contributed by atoms with E-state index in [4.69, 9.17) is 15.2 Å². The molecule has 4 heteroatoms. The zero-order chi connectivity index (χ0) is 13.8. The quantitative estimate of drug-likeness (QED) is 0.887. The predicted octanol–water partition coefficient (Wildman–Crippen LogP) is 2.46. The van der Waals surface area contributed by atoms with Gasteiger partial charge in [-0.15, -0.1) is 0 Å².